The molecule has 2 aromatic rings. The van der Waals surface area contributed by atoms with Crippen LogP contribution in [0.4, 0.5) is 5.82 Å². The van der Waals surface area contributed by atoms with E-state index >= 15 is 0 Å². The number of nitrogens with zero attached hydrogens (tertiary/aromatic N) is 2. The lowest BCUT2D eigenvalue weighted by atomic mass is 10.0. The van der Waals surface area contributed by atoms with E-state index in [4.69, 9.17) is 16.3 Å². The Labute approximate surface area is 117 Å². The minimum absolute atomic E-state index is 0.736. The summed E-state index contributed by atoms with van der Waals surface area (Å²) in [6.45, 7) is 3.93. The highest BCUT2D eigenvalue weighted by atomic mass is 35.5. The number of ether oxygens (including phenoxy) is 1. The van der Waals surface area contributed by atoms with Gasteiger partial charge in [0.1, 0.15) is 17.9 Å². The fourth-order valence-corrected chi connectivity index (χ4v) is 2.18. The van der Waals surface area contributed by atoms with Crippen LogP contribution in [0.5, 0.6) is 5.75 Å². The summed E-state index contributed by atoms with van der Waals surface area (Å²) in [5.74, 6) is 1.52. The molecule has 5 heteroatoms. The Hall–Kier alpha value is -1.81. The van der Waals surface area contributed by atoms with Gasteiger partial charge in [-0.25, -0.2) is 9.97 Å². The Bertz CT molecular complexity index is 614. The van der Waals surface area contributed by atoms with Crippen LogP contribution >= 0.6 is 11.6 Å². The first-order valence-corrected chi connectivity index (χ1v) is 6.30. The molecule has 0 spiro atoms. The number of rotatable bonds is 3. The number of nitrogens with one attached hydrogen (secondary N) is 1. The van der Waals surface area contributed by atoms with E-state index in [2.05, 4.69) is 15.3 Å². The Morgan fingerprint density at radius 2 is 1.95 bits per heavy atom. The summed E-state index contributed by atoms with van der Waals surface area (Å²) >= 11 is 6.32. The Morgan fingerprint density at radius 3 is 2.58 bits per heavy atom. The van der Waals surface area contributed by atoms with Crippen LogP contribution < -0.4 is 10.1 Å². The van der Waals surface area contributed by atoms with E-state index in [0.717, 1.165) is 39.0 Å². The van der Waals surface area contributed by atoms with Crippen LogP contribution in [0.15, 0.2) is 18.5 Å². The van der Waals surface area contributed by atoms with Crippen molar-refractivity contribution in [3.05, 3.63) is 34.6 Å². The summed E-state index contributed by atoms with van der Waals surface area (Å²) in [4.78, 5) is 8.42. The molecule has 1 heterocycles. The van der Waals surface area contributed by atoms with Gasteiger partial charge in [-0.15, -0.1) is 0 Å². The molecule has 1 N–H and O–H groups in total. The molecule has 0 saturated carbocycles. The first-order valence-electron chi connectivity index (χ1n) is 5.92. The van der Waals surface area contributed by atoms with Gasteiger partial charge in [0.25, 0.3) is 0 Å². The van der Waals surface area contributed by atoms with Gasteiger partial charge < -0.3 is 10.1 Å². The molecule has 0 aliphatic heterocycles. The molecule has 0 aliphatic carbocycles. The van der Waals surface area contributed by atoms with Crippen LogP contribution in [0.1, 0.15) is 11.1 Å². The maximum absolute atomic E-state index is 6.32. The maximum Gasteiger partial charge on any atom is 0.129 e. The van der Waals surface area contributed by atoms with Crippen LogP contribution in [0.2, 0.25) is 5.02 Å². The summed E-state index contributed by atoms with van der Waals surface area (Å²) in [6, 6.07) is 3.79. The van der Waals surface area contributed by atoms with Gasteiger partial charge in [-0.1, -0.05) is 11.6 Å². The van der Waals surface area contributed by atoms with Crippen LogP contribution in [-0.4, -0.2) is 24.1 Å². The van der Waals surface area contributed by atoms with Crippen molar-refractivity contribution in [2.45, 2.75) is 13.8 Å². The number of hydrogen-bond acceptors (Lipinski definition) is 4. The first kappa shape index (κ1) is 13.6. The Kier molecular flexibility index (Phi) is 3.90. The van der Waals surface area contributed by atoms with E-state index in [1.807, 2.05) is 33.0 Å². The fourth-order valence-electron chi connectivity index (χ4n) is 2.03. The van der Waals surface area contributed by atoms with Crippen molar-refractivity contribution >= 4 is 17.4 Å². The monoisotopic (exact) mass is 277 g/mol. The van der Waals surface area contributed by atoms with Gasteiger partial charge in [0.2, 0.25) is 0 Å². The zero-order valence-corrected chi connectivity index (χ0v) is 12.2. The van der Waals surface area contributed by atoms with Crippen LogP contribution in [0, 0.1) is 13.8 Å². The molecule has 19 heavy (non-hydrogen) atoms. The molecular weight excluding hydrogens is 262 g/mol. The third-order valence-electron chi connectivity index (χ3n) is 3.04. The van der Waals surface area contributed by atoms with Gasteiger partial charge in [0.05, 0.1) is 12.8 Å². The van der Waals surface area contributed by atoms with Crippen molar-refractivity contribution in [3.8, 4) is 17.0 Å². The number of methoxy groups -OCH3 is 1. The molecule has 1 aromatic carbocycles. The van der Waals surface area contributed by atoms with Crippen molar-refractivity contribution in [1.29, 1.82) is 0 Å². The van der Waals surface area contributed by atoms with Crippen molar-refractivity contribution in [3.63, 3.8) is 0 Å². The molecule has 4 nitrogen and oxygen atoms in total. The molecule has 0 bridgehead atoms. The van der Waals surface area contributed by atoms with Crippen molar-refractivity contribution in [1.82, 2.24) is 9.97 Å². The molecule has 100 valence electrons. The zero-order valence-electron chi connectivity index (χ0n) is 11.4. The van der Waals surface area contributed by atoms with Gasteiger partial charge in [-0.05, 0) is 31.0 Å². The van der Waals surface area contributed by atoms with Gasteiger partial charge in [-0.3, -0.25) is 0 Å². The number of aryl methyl sites for hydroxylation is 1. The predicted molar refractivity (Wildman–Crippen MR) is 78.1 cm³/mol. The molecule has 0 fully saturated rings. The standard InChI is InChI=1S/C14H16ClN3O/c1-8-5-11(19-4)13(9(2)14(8)15)10-6-12(16-3)18-7-17-10/h5-7H,1-4H3,(H,16,17,18). The highest BCUT2D eigenvalue weighted by Gasteiger charge is 2.16. The number of benzene rings is 1. The van der Waals surface area contributed by atoms with Crippen molar-refractivity contribution < 1.29 is 4.74 Å². The van der Waals surface area contributed by atoms with Gasteiger partial charge in [0.15, 0.2) is 0 Å². The lowest BCUT2D eigenvalue weighted by molar-refractivity contribution is 0.415. The second-order valence-electron chi connectivity index (χ2n) is 4.25. The third-order valence-corrected chi connectivity index (χ3v) is 3.63. The second kappa shape index (κ2) is 5.45. The molecule has 1 aromatic heterocycles. The smallest absolute Gasteiger partial charge is 0.129 e. The van der Waals surface area contributed by atoms with Crippen molar-refractivity contribution in [2.75, 3.05) is 19.5 Å². The quantitative estimate of drug-likeness (QED) is 0.933. The summed E-state index contributed by atoms with van der Waals surface area (Å²) in [5, 5.41) is 3.73. The summed E-state index contributed by atoms with van der Waals surface area (Å²) in [6.07, 6.45) is 1.52. The fraction of sp³-hybridized carbons (Fsp3) is 0.286. The molecule has 0 amide bonds. The number of aromatic nitrogens is 2. The maximum atomic E-state index is 6.32. The van der Waals surface area contributed by atoms with Gasteiger partial charge in [-0.2, -0.15) is 0 Å². The molecule has 0 radical (unpaired) electrons. The molecule has 0 unspecified atom stereocenters. The van der Waals surface area contributed by atoms with E-state index in [-0.39, 0.29) is 0 Å². The van der Waals surface area contributed by atoms with E-state index in [0.29, 0.717) is 0 Å². The largest absolute Gasteiger partial charge is 0.496 e. The summed E-state index contributed by atoms with van der Waals surface area (Å²) in [7, 11) is 3.46. The van der Waals surface area contributed by atoms with E-state index in [1.165, 1.54) is 6.33 Å². The zero-order chi connectivity index (χ0) is 14.0. The minimum Gasteiger partial charge on any atom is -0.496 e. The Balaban J connectivity index is 2.69. The van der Waals surface area contributed by atoms with E-state index < -0.39 is 0 Å². The Morgan fingerprint density at radius 1 is 1.21 bits per heavy atom. The van der Waals surface area contributed by atoms with E-state index in [1.54, 1.807) is 7.11 Å². The third kappa shape index (κ3) is 2.49. The lowest BCUT2D eigenvalue weighted by Crippen LogP contribution is -1.98. The topological polar surface area (TPSA) is 47.0 Å². The average Bonchev–Trinajstić information content (AvgIpc) is 2.44. The first-order chi connectivity index (χ1) is 9.08. The van der Waals surface area contributed by atoms with E-state index in [9.17, 15) is 0 Å². The predicted octanol–water partition coefficient (Wildman–Crippen LogP) is 3.46. The number of anilines is 1. The minimum atomic E-state index is 0.736. The molecule has 0 saturated heterocycles. The molecule has 0 aliphatic rings. The second-order valence-corrected chi connectivity index (χ2v) is 4.63. The highest BCUT2D eigenvalue weighted by molar-refractivity contribution is 6.32. The van der Waals surface area contributed by atoms with Gasteiger partial charge in [0, 0.05) is 23.7 Å². The van der Waals surface area contributed by atoms with Crippen LogP contribution in [0.3, 0.4) is 0 Å². The van der Waals surface area contributed by atoms with Crippen molar-refractivity contribution in [2.24, 2.45) is 0 Å². The van der Waals surface area contributed by atoms with Crippen LogP contribution in [-0.2, 0) is 0 Å². The average molecular weight is 278 g/mol. The normalized spacial score (nSPS) is 10.4. The molecule has 0 atom stereocenters. The van der Waals surface area contributed by atoms with Crippen LogP contribution in [0.25, 0.3) is 11.3 Å². The lowest BCUT2D eigenvalue weighted by Gasteiger charge is -2.15. The molecule has 2 rings (SSSR count). The summed E-state index contributed by atoms with van der Waals surface area (Å²) < 4.78 is 5.45. The summed E-state index contributed by atoms with van der Waals surface area (Å²) in [5.41, 5.74) is 3.63. The van der Waals surface area contributed by atoms with Gasteiger partial charge >= 0.3 is 0 Å². The SMILES string of the molecule is CNc1cc(-c2c(OC)cc(C)c(Cl)c2C)ncn1. The number of halogens is 1. The molecular formula is C14H16ClN3O. The number of hydrogen-bond donors (Lipinski definition) is 1. The highest BCUT2D eigenvalue weighted by Crippen LogP contribution is 2.38.